The minimum atomic E-state index is -4.48. The summed E-state index contributed by atoms with van der Waals surface area (Å²) in [6.45, 7) is 2.08. The highest BCUT2D eigenvalue weighted by Crippen LogP contribution is 2.31. The van der Waals surface area contributed by atoms with Crippen molar-refractivity contribution in [3.05, 3.63) is 101 Å². The Labute approximate surface area is 205 Å². The molecule has 0 atom stereocenters. The van der Waals surface area contributed by atoms with Crippen LogP contribution in [0.15, 0.2) is 84.0 Å². The molecule has 0 radical (unpaired) electrons. The van der Waals surface area contributed by atoms with E-state index in [1.54, 1.807) is 0 Å². The molecule has 0 aliphatic heterocycles. The Hall–Kier alpha value is -3.59. The number of hydrogen-bond acceptors (Lipinski definition) is 4. The molecule has 1 amide bonds. The molecule has 0 fully saturated rings. The SMILES string of the molecule is CCc1ccc(-n2c(Cc3ccccc3)nnc2SCC(=O)Nc2cccc(C(F)(F)F)c2)cc1. The van der Waals surface area contributed by atoms with Crippen LogP contribution in [-0.4, -0.2) is 26.4 Å². The van der Waals surface area contributed by atoms with Crippen molar-refractivity contribution in [3.8, 4) is 5.69 Å². The predicted molar refractivity (Wildman–Crippen MR) is 131 cm³/mol. The molecule has 4 rings (SSSR count). The van der Waals surface area contributed by atoms with Crippen molar-refractivity contribution in [2.75, 3.05) is 11.1 Å². The van der Waals surface area contributed by atoms with Crippen LogP contribution in [0.1, 0.15) is 29.4 Å². The third-order valence-electron chi connectivity index (χ3n) is 5.31. The zero-order chi connectivity index (χ0) is 24.8. The van der Waals surface area contributed by atoms with E-state index in [0.717, 1.165) is 35.6 Å². The molecule has 3 aromatic carbocycles. The number of aromatic nitrogens is 3. The van der Waals surface area contributed by atoms with E-state index >= 15 is 0 Å². The lowest BCUT2D eigenvalue weighted by molar-refractivity contribution is -0.137. The third-order valence-corrected chi connectivity index (χ3v) is 6.24. The monoisotopic (exact) mass is 496 g/mol. The normalized spacial score (nSPS) is 11.4. The van der Waals surface area contributed by atoms with Crippen LogP contribution in [0, 0.1) is 0 Å². The largest absolute Gasteiger partial charge is 0.416 e. The van der Waals surface area contributed by atoms with Gasteiger partial charge in [0, 0.05) is 17.8 Å². The van der Waals surface area contributed by atoms with Gasteiger partial charge in [-0.25, -0.2) is 0 Å². The Bertz CT molecular complexity index is 1290. The number of carbonyl (C=O) groups is 1. The number of rotatable bonds is 8. The fraction of sp³-hybridized carbons (Fsp3) is 0.192. The van der Waals surface area contributed by atoms with Crippen LogP contribution in [0.5, 0.6) is 0 Å². The van der Waals surface area contributed by atoms with Gasteiger partial charge in [-0.2, -0.15) is 13.2 Å². The summed E-state index contributed by atoms with van der Waals surface area (Å²) in [4.78, 5) is 12.5. The zero-order valence-electron chi connectivity index (χ0n) is 18.9. The van der Waals surface area contributed by atoms with Gasteiger partial charge in [-0.15, -0.1) is 10.2 Å². The van der Waals surface area contributed by atoms with Crippen LogP contribution in [0.25, 0.3) is 5.69 Å². The van der Waals surface area contributed by atoms with Crippen molar-refractivity contribution < 1.29 is 18.0 Å². The Kier molecular flexibility index (Phi) is 7.55. The lowest BCUT2D eigenvalue weighted by Crippen LogP contribution is -2.15. The van der Waals surface area contributed by atoms with Crippen LogP contribution >= 0.6 is 11.8 Å². The van der Waals surface area contributed by atoms with E-state index in [0.29, 0.717) is 11.6 Å². The van der Waals surface area contributed by atoms with Gasteiger partial charge in [0.25, 0.3) is 0 Å². The Morgan fingerprint density at radius 2 is 1.69 bits per heavy atom. The number of hydrogen-bond donors (Lipinski definition) is 1. The number of thioether (sulfide) groups is 1. The van der Waals surface area contributed by atoms with E-state index in [2.05, 4.69) is 22.4 Å². The van der Waals surface area contributed by atoms with Crippen molar-refractivity contribution >= 4 is 23.4 Å². The molecule has 5 nitrogen and oxygen atoms in total. The quantitative estimate of drug-likeness (QED) is 0.297. The van der Waals surface area contributed by atoms with Gasteiger partial charge in [0.05, 0.1) is 11.3 Å². The van der Waals surface area contributed by atoms with Crippen LogP contribution in [0.2, 0.25) is 0 Å². The summed E-state index contributed by atoms with van der Waals surface area (Å²) >= 11 is 1.18. The topological polar surface area (TPSA) is 59.8 Å². The van der Waals surface area contributed by atoms with E-state index in [-0.39, 0.29) is 11.4 Å². The van der Waals surface area contributed by atoms with Gasteiger partial charge in [0.2, 0.25) is 5.91 Å². The predicted octanol–water partition coefficient (Wildman–Crippen LogP) is 6.17. The number of anilines is 1. The van der Waals surface area contributed by atoms with Gasteiger partial charge in [-0.05, 0) is 47.9 Å². The Balaban J connectivity index is 1.53. The summed E-state index contributed by atoms with van der Waals surface area (Å²) in [7, 11) is 0. The van der Waals surface area contributed by atoms with Gasteiger partial charge < -0.3 is 5.32 Å². The maximum absolute atomic E-state index is 13.0. The molecule has 180 valence electrons. The molecule has 1 aromatic heterocycles. The molecule has 0 aliphatic rings. The lowest BCUT2D eigenvalue weighted by atomic mass is 10.1. The molecule has 1 N–H and O–H groups in total. The highest BCUT2D eigenvalue weighted by molar-refractivity contribution is 7.99. The number of nitrogens with one attached hydrogen (secondary N) is 1. The maximum Gasteiger partial charge on any atom is 0.416 e. The first-order valence-corrected chi connectivity index (χ1v) is 12.0. The molecule has 35 heavy (non-hydrogen) atoms. The van der Waals surface area contributed by atoms with E-state index in [1.165, 1.54) is 29.5 Å². The summed E-state index contributed by atoms with van der Waals surface area (Å²) in [6.07, 6.45) is -3.01. The smallest absolute Gasteiger partial charge is 0.325 e. The van der Waals surface area contributed by atoms with Crippen LogP contribution in [0.4, 0.5) is 18.9 Å². The van der Waals surface area contributed by atoms with Crippen LogP contribution in [0.3, 0.4) is 0 Å². The summed E-state index contributed by atoms with van der Waals surface area (Å²) in [5.74, 6) is 0.253. The summed E-state index contributed by atoms with van der Waals surface area (Å²) < 4.78 is 40.8. The minimum absolute atomic E-state index is 0.0350. The first-order chi connectivity index (χ1) is 16.8. The van der Waals surface area contributed by atoms with Crippen molar-refractivity contribution in [1.29, 1.82) is 0 Å². The highest BCUT2D eigenvalue weighted by Gasteiger charge is 2.30. The lowest BCUT2D eigenvalue weighted by Gasteiger charge is -2.12. The number of halogens is 3. The number of aryl methyl sites for hydroxylation is 1. The van der Waals surface area contributed by atoms with E-state index in [1.807, 2.05) is 59.2 Å². The number of benzene rings is 3. The number of alkyl halides is 3. The molecule has 9 heteroatoms. The van der Waals surface area contributed by atoms with Crippen molar-refractivity contribution in [3.63, 3.8) is 0 Å². The van der Waals surface area contributed by atoms with Gasteiger partial charge in [0.15, 0.2) is 5.16 Å². The van der Waals surface area contributed by atoms with Crippen molar-refractivity contribution in [2.24, 2.45) is 0 Å². The highest BCUT2D eigenvalue weighted by atomic mass is 32.2. The fourth-order valence-electron chi connectivity index (χ4n) is 3.53. The summed E-state index contributed by atoms with van der Waals surface area (Å²) in [5.41, 5.74) is 2.42. The second-order valence-electron chi connectivity index (χ2n) is 7.83. The molecule has 0 aliphatic carbocycles. The third kappa shape index (κ3) is 6.30. The molecular weight excluding hydrogens is 473 g/mol. The zero-order valence-corrected chi connectivity index (χ0v) is 19.7. The van der Waals surface area contributed by atoms with E-state index in [9.17, 15) is 18.0 Å². The van der Waals surface area contributed by atoms with Gasteiger partial charge in [-0.1, -0.05) is 67.2 Å². The Morgan fingerprint density at radius 1 is 0.943 bits per heavy atom. The minimum Gasteiger partial charge on any atom is -0.325 e. The molecule has 1 heterocycles. The molecular formula is C26H23F3N4OS. The van der Waals surface area contributed by atoms with Crippen molar-refractivity contribution in [1.82, 2.24) is 14.8 Å². The van der Waals surface area contributed by atoms with E-state index < -0.39 is 17.6 Å². The summed E-state index contributed by atoms with van der Waals surface area (Å²) in [6, 6.07) is 22.5. The number of carbonyl (C=O) groups excluding carboxylic acids is 1. The fourth-order valence-corrected chi connectivity index (χ4v) is 4.30. The average molecular weight is 497 g/mol. The van der Waals surface area contributed by atoms with Crippen LogP contribution in [-0.2, 0) is 23.8 Å². The van der Waals surface area contributed by atoms with Gasteiger partial charge >= 0.3 is 6.18 Å². The Morgan fingerprint density at radius 3 is 2.37 bits per heavy atom. The summed E-state index contributed by atoms with van der Waals surface area (Å²) in [5, 5.41) is 11.7. The second kappa shape index (κ2) is 10.8. The van der Waals surface area contributed by atoms with Crippen molar-refractivity contribution in [2.45, 2.75) is 31.1 Å². The molecule has 0 saturated carbocycles. The average Bonchev–Trinajstić information content (AvgIpc) is 3.25. The first-order valence-electron chi connectivity index (χ1n) is 11.0. The van der Waals surface area contributed by atoms with E-state index in [4.69, 9.17) is 0 Å². The standard InChI is InChI=1S/C26H23F3N4OS/c1-2-18-11-13-22(14-12-18)33-23(15-19-7-4-3-5-8-19)31-32-25(33)35-17-24(34)30-21-10-6-9-20(16-21)26(27,28)29/h3-14,16H,2,15,17H2,1H3,(H,30,34). The maximum atomic E-state index is 13.0. The van der Waals surface area contributed by atoms with Crippen LogP contribution < -0.4 is 5.32 Å². The molecule has 0 spiro atoms. The molecule has 0 saturated heterocycles. The number of amides is 1. The first kappa shape index (κ1) is 24.5. The second-order valence-corrected chi connectivity index (χ2v) is 8.77. The molecule has 0 unspecified atom stereocenters. The molecule has 4 aromatic rings. The number of nitrogens with zero attached hydrogens (tertiary/aromatic N) is 3. The van der Waals surface area contributed by atoms with Gasteiger partial charge in [0.1, 0.15) is 5.82 Å². The molecule has 0 bridgehead atoms. The van der Waals surface area contributed by atoms with Gasteiger partial charge in [-0.3, -0.25) is 9.36 Å².